The summed E-state index contributed by atoms with van der Waals surface area (Å²) in [6.07, 6.45) is 1.07. The number of carbonyl (C=O) groups is 1. The number of carbonyl (C=O) groups excluding carboxylic acids is 1. The number of hydrogen-bond acceptors (Lipinski definition) is 3. The van der Waals surface area contributed by atoms with Gasteiger partial charge in [-0.2, -0.15) is 0 Å². The molecule has 19 heavy (non-hydrogen) atoms. The highest BCUT2D eigenvalue weighted by Crippen LogP contribution is 2.23. The summed E-state index contributed by atoms with van der Waals surface area (Å²) in [4.78, 5) is 12.3. The zero-order valence-electron chi connectivity index (χ0n) is 11.2. The fourth-order valence-electron chi connectivity index (χ4n) is 2.29. The maximum atomic E-state index is 12.3. The molecule has 2 atom stereocenters. The van der Waals surface area contributed by atoms with E-state index in [1.807, 2.05) is 0 Å². The maximum Gasteiger partial charge on any atom is 0.255 e. The number of hydrogen-bond donors (Lipinski definition) is 2. The summed E-state index contributed by atoms with van der Waals surface area (Å²) in [6, 6.07) is 5.20. The van der Waals surface area contributed by atoms with Crippen LogP contribution in [-0.4, -0.2) is 32.1 Å². The van der Waals surface area contributed by atoms with Crippen LogP contribution in [0.1, 0.15) is 23.7 Å². The lowest BCUT2D eigenvalue weighted by atomic mass is 9.94. The Labute approximate surface area is 118 Å². The monoisotopic (exact) mass is 282 g/mol. The number of ether oxygens (including phenoxy) is 1. The van der Waals surface area contributed by atoms with Crippen molar-refractivity contribution in [3.05, 3.63) is 28.8 Å². The van der Waals surface area contributed by atoms with E-state index in [1.54, 1.807) is 25.3 Å². The Morgan fingerprint density at radius 1 is 1.53 bits per heavy atom. The van der Waals surface area contributed by atoms with Gasteiger partial charge in [-0.3, -0.25) is 4.79 Å². The Bertz CT molecular complexity index is 465. The molecule has 104 valence electrons. The minimum Gasteiger partial charge on any atom is -0.496 e. The molecule has 1 saturated heterocycles. The van der Waals surface area contributed by atoms with Crippen LogP contribution in [0.25, 0.3) is 0 Å². The lowest BCUT2D eigenvalue weighted by molar-refractivity contribution is 0.0912. The van der Waals surface area contributed by atoms with Crippen LogP contribution < -0.4 is 15.4 Å². The molecule has 2 rings (SSSR count). The van der Waals surface area contributed by atoms with E-state index in [9.17, 15) is 4.79 Å². The molecule has 1 heterocycles. The van der Waals surface area contributed by atoms with Crippen LogP contribution in [0.4, 0.5) is 0 Å². The van der Waals surface area contributed by atoms with Gasteiger partial charge in [0.1, 0.15) is 5.75 Å². The average Bonchev–Trinajstić information content (AvgIpc) is 2.41. The van der Waals surface area contributed by atoms with Gasteiger partial charge in [0.25, 0.3) is 5.91 Å². The van der Waals surface area contributed by atoms with E-state index >= 15 is 0 Å². The van der Waals surface area contributed by atoms with Crippen molar-refractivity contribution in [2.75, 3.05) is 20.2 Å². The average molecular weight is 283 g/mol. The fourth-order valence-corrected chi connectivity index (χ4v) is 2.46. The second kappa shape index (κ2) is 6.26. The van der Waals surface area contributed by atoms with Gasteiger partial charge >= 0.3 is 0 Å². The van der Waals surface area contributed by atoms with Gasteiger partial charge in [-0.15, -0.1) is 0 Å². The highest BCUT2D eigenvalue weighted by Gasteiger charge is 2.24. The zero-order chi connectivity index (χ0) is 13.8. The molecule has 2 N–H and O–H groups in total. The van der Waals surface area contributed by atoms with Crippen molar-refractivity contribution in [2.24, 2.45) is 5.92 Å². The minimum absolute atomic E-state index is 0.139. The van der Waals surface area contributed by atoms with Crippen LogP contribution in [0.3, 0.4) is 0 Å². The molecule has 0 saturated carbocycles. The molecular formula is C14H19ClN2O2. The Morgan fingerprint density at radius 2 is 2.32 bits per heavy atom. The molecule has 1 aliphatic rings. The van der Waals surface area contributed by atoms with Gasteiger partial charge in [0, 0.05) is 17.6 Å². The second-order valence-electron chi connectivity index (χ2n) is 4.89. The van der Waals surface area contributed by atoms with Crippen LogP contribution in [0.15, 0.2) is 18.2 Å². The Balaban J connectivity index is 2.13. The number of halogens is 1. The van der Waals surface area contributed by atoms with Crippen LogP contribution >= 0.6 is 11.6 Å². The van der Waals surface area contributed by atoms with Crippen LogP contribution in [-0.2, 0) is 0 Å². The molecule has 1 amide bonds. The number of piperidine rings is 1. The molecule has 0 spiro atoms. The van der Waals surface area contributed by atoms with Crippen LogP contribution in [0, 0.1) is 5.92 Å². The SMILES string of the molecule is COc1ccc(Cl)cc1C(=O)NC1CNCCC1C. The topological polar surface area (TPSA) is 50.4 Å². The third kappa shape index (κ3) is 3.39. The lowest BCUT2D eigenvalue weighted by Gasteiger charge is -2.30. The van der Waals surface area contributed by atoms with Gasteiger partial charge in [0.05, 0.1) is 12.7 Å². The molecule has 0 aliphatic carbocycles. The fraction of sp³-hybridized carbons (Fsp3) is 0.500. The highest BCUT2D eigenvalue weighted by atomic mass is 35.5. The van der Waals surface area contributed by atoms with Crippen molar-refractivity contribution in [3.8, 4) is 5.75 Å². The van der Waals surface area contributed by atoms with E-state index in [0.29, 0.717) is 22.3 Å². The summed E-state index contributed by atoms with van der Waals surface area (Å²) in [5.74, 6) is 0.869. The van der Waals surface area contributed by atoms with Gasteiger partial charge in [-0.05, 0) is 37.1 Å². The van der Waals surface area contributed by atoms with Crippen molar-refractivity contribution in [1.82, 2.24) is 10.6 Å². The molecular weight excluding hydrogens is 264 g/mol. The molecule has 0 aromatic heterocycles. The van der Waals surface area contributed by atoms with E-state index in [-0.39, 0.29) is 11.9 Å². The van der Waals surface area contributed by atoms with Gasteiger partial charge in [-0.1, -0.05) is 18.5 Å². The van der Waals surface area contributed by atoms with Crippen LogP contribution in [0.2, 0.25) is 5.02 Å². The molecule has 1 aromatic rings. The Hall–Kier alpha value is -1.26. The van der Waals surface area contributed by atoms with Crippen molar-refractivity contribution >= 4 is 17.5 Å². The highest BCUT2D eigenvalue weighted by molar-refractivity contribution is 6.31. The molecule has 5 heteroatoms. The summed E-state index contributed by atoms with van der Waals surface area (Å²) in [5.41, 5.74) is 0.479. The number of amides is 1. The first-order valence-corrected chi connectivity index (χ1v) is 6.84. The first kappa shape index (κ1) is 14.2. The number of benzene rings is 1. The van der Waals surface area contributed by atoms with Crippen molar-refractivity contribution in [1.29, 1.82) is 0 Å². The predicted molar refractivity (Wildman–Crippen MR) is 75.9 cm³/mol. The lowest BCUT2D eigenvalue weighted by Crippen LogP contribution is -2.50. The van der Waals surface area contributed by atoms with Crippen molar-refractivity contribution in [3.63, 3.8) is 0 Å². The number of methoxy groups -OCH3 is 1. The van der Waals surface area contributed by atoms with E-state index in [1.165, 1.54) is 0 Å². The maximum absolute atomic E-state index is 12.3. The van der Waals surface area contributed by atoms with E-state index in [4.69, 9.17) is 16.3 Å². The molecule has 1 aromatic carbocycles. The molecule has 1 fully saturated rings. The van der Waals surface area contributed by atoms with Crippen molar-refractivity contribution < 1.29 is 9.53 Å². The Kier molecular flexibility index (Phi) is 4.66. The molecule has 1 aliphatic heterocycles. The molecule has 0 radical (unpaired) electrons. The smallest absolute Gasteiger partial charge is 0.255 e. The first-order chi connectivity index (χ1) is 9.11. The third-order valence-electron chi connectivity index (χ3n) is 3.55. The van der Waals surface area contributed by atoms with E-state index in [0.717, 1.165) is 19.5 Å². The van der Waals surface area contributed by atoms with Gasteiger partial charge < -0.3 is 15.4 Å². The normalized spacial score (nSPS) is 22.9. The zero-order valence-corrected chi connectivity index (χ0v) is 12.0. The largest absolute Gasteiger partial charge is 0.496 e. The van der Waals surface area contributed by atoms with Gasteiger partial charge in [0.2, 0.25) is 0 Å². The summed E-state index contributed by atoms with van der Waals surface area (Å²) >= 11 is 5.94. The Morgan fingerprint density at radius 3 is 3.00 bits per heavy atom. The summed E-state index contributed by atoms with van der Waals surface area (Å²) in [7, 11) is 1.55. The van der Waals surface area contributed by atoms with Gasteiger partial charge in [-0.25, -0.2) is 0 Å². The third-order valence-corrected chi connectivity index (χ3v) is 3.79. The van der Waals surface area contributed by atoms with Crippen molar-refractivity contribution in [2.45, 2.75) is 19.4 Å². The molecule has 4 nitrogen and oxygen atoms in total. The van der Waals surface area contributed by atoms with E-state index < -0.39 is 0 Å². The van der Waals surface area contributed by atoms with Crippen LogP contribution in [0.5, 0.6) is 5.75 Å². The molecule has 2 unspecified atom stereocenters. The predicted octanol–water partition coefficient (Wildman–Crippen LogP) is 2.08. The number of rotatable bonds is 3. The minimum atomic E-state index is -0.139. The number of nitrogens with one attached hydrogen (secondary N) is 2. The van der Waals surface area contributed by atoms with E-state index in [2.05, 4.69) is 17.6 Å². The standard InChI is InChI=1S/C14H19ClN2O2/c1-9-5-6-16-8-12(9)17-14(18)11-7-10(15)3-4-13(11)19-2/h3-4,7,9,12,16H,5-6,8H2,1-2H3,(H,17,18). The quantitative estimate of drug-likeness (QED) is 0.892. The first-order valence-electron chi connectivity index (χ1n) is 6.47. The summed E-state index contributed by atoms with van der Waals surface area (Å²) in [5, 5.41) is 6.87. The summed E-state index contributed by atoms with van der Waals surface area (Å²) in [6.45, 7) is 3.96. The van der Waals surface area contributed by atoms with Gasteiger partial charge in [0.15, 0.2) is 0 Å². The summed E-state index contributed by atoms with van der Waals surface area (Å²) < 4.78 is 5.20. The second-order valence-corrected chi connectivity index (χ2v) is 5.33. The molecule has 0 bridgehead atoms.